The molecule has 0 spiro atoms. The van der Waals surface area contributed by atoms with Gasteiger partial charge in [-0.1, -0.05) is 19.4 Å². The molecule has 0 fully saturated rings. The summed E-state index contributed by atoms with van der Waals surface area (Å²) in [6.45, 7) is 1.98. The van der Waals surface area contributed by atoms with Crippen LogP contribution in [0.3, 0.4) is 0 Å². The van der Waals surface area contributed by atoms with Gasteiger partial charge in [0.1, 0.15) is 0 Å². The molecule has 0 aliphatic carbocycles. The Labute approximate surface area is 83.0 Å². The van der Waals surface area contributed by atoms with Gasteiger partial charge in [-0.2, -0.15) is 0 Å². The maximum absolute atomic E-state index is 11.1. The second kappa shape index (κ2) is 4.11. The van der Waals surface area contributed by atoms with Gasteiger partial charge in [-0.05, 0) is 30.2 Å². The molecular formula is C9H10ClO2S. The first-order chi connectivity index (χ1) is 6.05. The van der Waals surface area contributed by atoms with Crippen LogP contribution in [0.4, 0.5) is 0 Å². The molecule has 0 aliphatic heterocycles. The van der Waals surface area contributed by atoms with Crippen LogP contribution in [0.25, 0.3) is 0 Å². The summed E-state index contributed by atoms with van der Waals surface area (Å²) in [6.07, 6.45) is 1.59. The van der Waals surface area contributed by atoms with Crippen LogP contribution in [0.15, 0.2) is 23.1 Å². The van der Waals surface area contributed by atoms with E-state index in [9.17, 15) is 8.42 Å². The first kappa shape index (κ1) is 10.5. The van der Waals surface area contributed by atoms with E-state index in [-0.39, 0.29) is 4.90 Å². The van der Waals surface area contributed by atoms with Crippen molar-refractivity contribution in [3.05, 3.63) is 29.8 Å². The van der Waals surface area contributed by atoms with E-state index in [1.54, 1.807) is 12.1 Å². The molecule has 0 unspecified atom stereocenters. The number of rotatable bonds is 3. The Hall–Kier alpha value is -0.540. The van der Waals surface area contributed by atoms with E-state index in [0.717, 1.165) is 12.0 Å². The van der Waals surface area contributed by atoms with Gasteiger partial charge >= 0.3 is 0 Å². The van der Waals surface area contributed by atoms with Gasteiger partial charge in [0.15, 0.2) is 0 Å². The molecule has 0 N–H and O–H groups in total. The highest BCUT2D eigenvalue weighted by Gasteiger charge is 2.13. The first-order valence-electron chi connectivity index (χ1n) is 3.99. The summed E-state index contributed by atoms with van der Waals surface area (Å²) in [6, 6.07) is 7.53. The third-order valence-corrected chi connectivity index (χ3v) is 3.11. The fourth-order valence-corrected chi connectivity index (χ4v) is 2.31. The average molecular weight is 218 g/mol. The van der Waals surface area contributed by atoms with Gasteiger partial charge in [-0.3, -0.25) is 0 Å². The lowest BCUT2D eigenvalue weighted by Crippen LogP contribution is -1.97. The van der Waals surface area contributed by atoms with Crippen LogP contribution in [-0.4, -0.2) is 8.42 Å². The van der Waals surface area contributed by atoms with Gasteiger partial charge in [-0.15, -0.1) is 0 Å². The van der Waals surface area contributed by atoms with E-state index in [1.165, 1.54) is 6.07 Å². The van der Waals surface area contributed by atoms with Crippen LogP contribution in [0, 0.1) is 6.07 Å². The molecule has 13 heavy (non-hydrogen) atoms. The molecule has 0 amide bonds. The fraction of sp³-hybridized carbons (Fsp3) is 0.333. The molecule has 0 aromatic heterocycles. The smallest absolute Gasteiger partial charge is 0.207 e. The minimum absolute atomic E-state index is 0.203. The van der Waals surface area contributed by atoms with Crippen molar-refractivity contribution in [1.29, 1.82) is 0 Å². The van der Waals surface area contributed by atoms with Crippen molar-refractivity contribution in [2.45, 2.75) is 24.7 Å². The molecule has 1 rings (SSSR count). The Morgan fingerprint density at radius 2 is 2.23 bits per heavy atom. The van der Waals surface area contributed by atoms with Gasteiger partial charge in [-0.25, -0.2) is 8.42 Å². The third kappa shape index (κ3) is 2.71. The van der Waals surface area contributed by atoms with Crippen LogP contribution in [0.2, 0.25) is 0 Å². The topological polar surface area (TPSA) is 34.1 Å². The highest BCUT2D eigenvalue weighted by Crippen LogP contribution is 2.20. The summed E-state index contributed by atoms with van der Waals surface area (Å²) in [5.74, 6) is 0. The minimum Gasteiger partial charge on any atom is -0.207 e. The second-order valence-corrected chi connectivity index (χ2v) is 5.26. The number of hydrogen-bond donors (Lipinski definition) is 0. The Morgan fingerprint density at radius 1 is 1.54 bits per heavy atom. The van der Waals surface area contributed by atoms with E-state index < -0.39 is 9.05 Å². The quantitative estimate of drug-likeness (QED) is 0.729. The van der Waals surface area contributed by atoms with Crippen molar-refractivity contribution in [1.82, 2.24) is 0 Å². The molecule has 71 valence electrons. The van der Waals surface area contributed by atoms with Gasteiger partial charge in [0.25, 0.3) is 9.05 Å². The molecule has 1 aromatic carbocycles. The standard InChI is InChI=1S/C9H10ClO2S/c1-2-5-8-6-3-4-7-9(8)13(10,11)12/h4,6-7H,2,5H2,1H3. The lowest BCUT2D eigenvalue weighted by Gasteiger charge is -2.03. The maximum Gasteiger partial charge on any atom is 0.261 e. The minimum atomic E-state index is -3.60. The van der Waals surface area contributed by atoms with Gasteiger partial charge < -0.3 is 0 Å². The van der Waals surface area contributed by atoms with Gasteiger partial charge in [0.2, 0.25) is 0 Å². The van der Waals surface area contributed by atoms with E-state index >= 15 is 0 Å². The Kier molecular flexibility index (Phi) is 3.33. The summed E-state index contributed by atoms with van der Waals surface area (Å²) in [5, 5.41) is 0. The number of halogens is 1. The molecule has 0 bridgehead atoms. The molecule has 4 heteroatoms. The van der Waals surface area contributed by atoms with Crippen LogP contribution >= 0.6 is 10.7 Å². The molecule has 0 saturated carbocycles. The first-order valence-corrected chi connectivity index (χ1v) is 6.30. The van der Waals surface area contributed by atoms with Crippen molar-refractivity contribution < 1.29 is 8.42 Å². The summed E-state index contributed by atoms with van der Waals surface area (Å²) < 4.78 is 22.2. The predicted molar refractivity (Wildman–Crippen MR) is 52.3 cm³/mol. The Bertz CT molecular complexity index is 384. The summed E-state index contributed by atoms with van der Waals surface area (Å²) >= 11 is 0. The van der Waals surface area contributed by atoms with Crippen LogP contribution < -0.4 is 0 Å². The lowest BCUT2D eigenvalue weighted by molar-refractivity contribution is 0.608. The average Bonchev–Trinajstić information content (AvgIpc) is 2.04. The van der Waals surface area contributed by atoms with Gasteiger partial charge in [0, 0.05) is 10.7 Å². The molecule has 0 saturated heterocycles. The second-order valence-electron chi connectivity index (χ2n) is 2.72. The number of aryl methyl sites for hydroxylation is 1. The number of hydrogen-bond acceptors (Lipinski definition) is 2. The normalized spacial score (nSPS) is 11.5. The summed E-state index contributed by atoms with van der Waals surface area (Å²) in [5.41, 5.74) is 0.736. The molecule has 1 radical (unpaired) electrons. The Morgan fingerprint density at radius 3 is 2.77 bits per heavy atom. The van der Waals surface area contributed by atoms with Crippen molar-refractivity contribution in [3.8, 4) is 0 Å². The lowest BCUT2D eigenvalue weighted by atomic mass is 10.1. The van der Waals surface area contributed by atoms with Crippen LogP contribution in [0.5, 0.6) is 0 Å². The van der Waals surface area contributed by atoms with E-state index in [4.69, 9.17) is 10.7 Å². The SMILES string of the molecule is CCCc1c[c]ccc1S(=O)(=O)Cl. The fourth-order valence-electron chi connectivity index (χ4n) is 1.15. The summed E-state index contributed by atoms with van der Waals surface area (Å²) in [7, 11) is 1.65. The van der Waals surface area contributed by atoms with Crippen LogP contribution in [0.1, 0.15) is 18.9 Å². The zero-order valence-corrected chi connectivity index (χ0v) is 8.82. The zero-order valence-electron chi connectivity index (χ0n) is 7.25. The van der Waals surface area contributed by atoms with Crippen molar-refractivity contribution in [3.63, 3.8) is 0 Å². The van der Waals surface area contributed by atoms with Crippen molar-refractivity contribution in [2.75, 3.05) is 0 Å². The molecular weight excluding hydrogens is 208 g/mol. The van der Waals surface area contributed by atoms with Gasteiger partial charge in [0.05, 0.1) is 4.90 Å². The molecule has 0 atom stereocenters. The predicted octanol–water partition coefficient (Wildman–Crippen LogP) is 2.37. The monoisotopic (exact) mass is 217 g/mol. The van der Waals surface area contributed by atoms with Crippen molar-refractivity contribution >= 4 is 19.7 Å². The van der Waals surface area contributed by atoms with Crippen LogP contribution in [-0.2, 0) is 15.5 Å². The van der Waals surface area contributed by atoms with E-state index in [0.29, 0.717) is 6.42 Å². The highest BCUT2D eigenvalue weighted by atomic mass is 35.7. The molecule has 1 aromatic rings. The van der Waals surface area contributed by atoms with Crippen molar-refractivity contribution in [2.24, 2.45) is 0 Å². The highest BCUT2D eigenvalue weighted by molar-refractivity contribution is 8.13. The number of benzene rings is 1. The maximum atomic E-state index is 11.1. The molecule has 0 heterocycles. The summed E-state index contributed by atoms with van der Waals surface area (Å²) in [4.78, 5) is 0.203. The zero-order chi connectivity index (χ0) is 9.90. The van der Waals surface area contributed by atoms with E-state index in [2.05, 4.69) is 6.07 Å². The molecule has 2 nitrogen and oxygen atoms in total. The molecule has 0 aliphatic rings. The Balaban J connectivity index is 3.20. The van der Waals surface area contributed by atoms with E-state index in [1.807, 2.05) is 6.92 Å². The third-order valence-electron chi connectivity index (χ3n) is 1.69. The largest absolute Gasteiger partial charge is 0.261 e.